The molecule has 5 heteroatoms. The quantitative estimate of drug-likeness (QED) is 0.629. The molecule has 0 bridgehead atoms. The first-order valence-electron chi connectivity index (χ1n) is 5.52. The molecule has 2 rings (SSSR count). The van der Waals surface area contributed by atoms with E-state index < -0.39 is 0 Å². The number of nitro benzene ring substituents is 1. The van der Waals surface area contributed by atoms with Crippen molar-refractivity contribution in [2.75, 3.05) is 18.5 Å². The average molecular weight is 221 g/mol. The lowest BCUT2D eigenvalue weighted by Crippen LogP contribution is -2.34. The summed E-state index contributed by atoms with van der Waals surface area (Å²) in [6, 6.07) is 6.53. The number of benzene rings is 1. The van der Waals surface area contributed by atoms with Crippen LogP contribution in [0.3, 0.4) is 0 Å². The molecule has 0 atom stereocenters. The van der Waals surface area contributed by atoms with Gasteiger partial charge < -0.3 is 5.43 Å². The standard InChI is InChI=1S/C11H15N3O2/c15-14(16)11-6-4-10(5-7-11)12-13-8-2-1-3-9-13/h4-7,12H,1-3,8-9H2. The van der Waals surface area contributed by atoms with Gasteiger partial charge in [0.25, 0.3) is 5.69 Å². The van der Waals surface area contributed by atoms with E-state index in [1.165, 1.54) is 31.4 Å². The highest BCUT2D eigenvalue weighted by Gasteiger charge is 2.10. The number of hydrazine groups is 1. The summed E-state index contributed by atoms with van der Waals surface area (Å²) in [5.41, 5.74) is 4.30. The second-order valence-electron chi connectivity index (χ2n) is 3.96. The molecule has 16 heavy (non-hydrogen) atoms. The van der Waals surface area contributed by atoms with E-state index in [1.807, 2.05) is 0 Å². The van der Waals surface area contributed by atoms with Gasteiger partial charge in [0.1, 0.15) is 0 Å². The van der Waals surface area contributed by atoms with Crippen molar-refractivity contribution in [2.24, 2.45) is 0 Å². The molecule has 1 aromatic rings. The van der Waals surface area contributed by atoms with Crippen LogP contribution in [-0.2, 0) is 0 Å². The summed E-state index contributed by atoms with van der Waals surface area (Å²) >= 11 is 0. The first-order chi connectivity index (χ1) is 7.75. The smallest absolute Gasteiger partial charge is 0.269 e. The molecule has 1 heterocycles. The third-order valence-electron chi connectivity index (χ3n) is 2.72. The minimum absolute atomic E-state index is 0.129. The molecule has 1 aliphatic rings. The Morgan fingerprint density at radius 1 is 1.12 bits per heavy atom. The van der Waals surface area contributed by atoms with E-state index >= 15 is 0 Å². The van der Waals surface area contributed by atoms with Crippen molar-refractivity contribution in [3.63, 3.8) is 0 Å². The van der Waals surface area contributed by atoms with Crippen molar-refractivity contribution >= 4 is 11.4 Å². The van der Waals surface area contributed by atoms with Crippen LogP contribution in [0.1, 0.15) is 19.3 Å². The summed E-state index contributed by atoms with van der Waals surface area (Å²) in [6.07, 6.45) is 3.71. The number of non-ortho nitro benzene ring substituents is 1. The van der Waals surface area contributed by atoms with Crippen LogP contribution in [0.4, 0.5) is 11.4 Å². The number of nitro groups is 1. The van der Waals surface area contributed by atoms with Gasteiger partial charge in [-0.05, 0) is 25.0 Å². The van der Waals surface area contributed by atoms with Crippen LogP contribution >= 0.6 is 0 Å². The monoisotopic (exact) mass is 221 g/mol. The molecule has 0 aliphatic carbocycles. The zero-order valence-electron chi connectivity index (χ0n) is 9.06. The largest absolute Gasteiger partial charge is 0.319 e. The minimum Gasteiger partial charge on any atom is -0.319 e. The Bertz CT molecular complexity index is 358. The molecular formula is C11H15N3O2. The number of anilines is 1. The van der Waals surface area contributed by atoms with Crippen LogP contribution in [0.25, 0.3) is 0 Å². The molecule has 1 aromatic carbocycles. The average Bonchev–Trinajstić information content (AvgIpc) is 2.31. The Hall–Kier alpha value is -1.62. The van der Waals surface area contributed by atoms with Gasteiger partial charge in [0.05, 0.1) is 4.92 Å². The van der Waals surface area contributed by atoms with E-state index in [2.05, 4.69) is 10.4 Å². The number of piperidine rings is 1. The fourth-order valence-corrected chi connectivity index (χ4v) is 1.85. The maximum absolute atomic E-state index is 10.5. The maximum atomic E-state index is 10.5. The second-order valence-corrected chi connectivity index (χ2v) is 3.96. The molecule has 1 N–H and O–H groups in total. The van der Waals surface area contributed by atoms with Crippen molar-refractivity contribution < 1.29 is 4.92 Å². The molecule has 0 saturated carbocycles. The van der Waals surface area contributed by atoms with Crippen molar-refractivity contribution in [3.05, 3.63) is 34.4 Å². The van der Waals surface area contributed by atoms with E-state index in [-0.39, 0.29) is 10.6 Å². The highest BCUT2D eigenvalue weighted by Crippen LogP contribution is 2.17. The predicted molar refractivity (Wildman–Crippen MR) is 62.1 cm³/mol. The fourth-order valence-electron chi connectivity index (χ4n) is 1.85. The van der Waals surface area contributed by atoms with E-state index in [0.717, 1.165) is 18.8 Å². The Balaban J connectivity index is 1.96. The van der Waals surface area contributed by atoms with Gasteiger partial charge in [0.15, 0.2) is 0 Å². The normalized spacial score (nSPS) is 17.0. The summed E-state index contributed by atoms with van der Waals surface area (Å²) in [6.45, 7) is 2.08. The fraction of sp³-hybridized carbons (Fsp3) is 0.455. The SMILES string of the molecule is O=[N+]([O-])c1ccc(NN2CCCCC2)cc1. The molecule has 5 nitrogen and oxygen atoms in total. The Morgan fingerprint density at radius 3 is 2.31 bits per heavy atom. The Kier molecular flexibility index (Phi) is 3.36. The minimum atomic E-state index is -0.384. The van der Waals surface area contributed by atoms with E-state index in [4.69, 9.17) is 0 Å². The van der Waals surface area contributed by atoms with Gasteiger partial charge in [-0.3, -0.25) is 10.1 Å². The van der Waals surface area contributed by atoms with Crippen molar-refractivity contribution in [3.8, 4) is 0 Å². The molecule has 0 radical (unpaired) electrons. The first kappa shape index (κ1) is 10.9. The highest BCUT2D eigenvalue weighted by molar-refractivity contribution is 5.47. The molecule has 0 aromatic heterocycles. The first-order valence-corrected chi connectivity index (χ1v) is 5.52. The van der Waals surface area contributed by atoms with Gasteiger partial charge in [-0.1, -0.05) is 6.42 Å². The van der Waals surface area contributed by atoms with Crippen LogP contribution in [0.2, 0.25) is 0 Å². The zero-order chi connectivity index (χ0) is 11.4. The van der Waals surface area contributed by atoms with Crippen molar-refractivity contribution in [1.29, 1.82) is 0 Å². The maximum Gasteiger partial charge on any atom is 0.269 e. The molecule has 0 amide bonds. The molecule has 86 valence electrons. The van der Waals surface area contributed by atoms with Gasteiger partial charge in [-0.15, -0.1) is 0 Å². The van der Waals surface area contributed by atoms with E-state index in [9.17, 15) is 10.1 Å². The predicted octanol–water partition coefficient (Wildman–Crippen LogP) is 2.41. The lowest BCUT2D eigenvalue weighted by molar-refractivity contribution is -0.384. The number of hydrogen-bond donors (Lipinski definition) is 1. The van der Waals surface area contributed by atoms with Crippen molar-refractivity contribution in [1.82, 2.24) is 5.01 Å². The third kappa shape index (κ3) is 2.70. The molecule has 1 aliphatic heterocycles. The van der Waals surface area contributed by atoms with E-state index in [0.29, 0.717) is 0 Å². The number of rotatable bonds is 3. The summed E-state index contributed by atoms with van der Waals surface area (Å²) in [5.74, 6) is 0. The summed E-state index contributed by atoms with van der Waals surface area (Å²) < 4.78 is 0. The van der Waals surface area contributed by atoms with Crippen LogP contribution in [0.5, 0.6) is 0 Å². The second kappa shape index (κ2) is 4.94. The molecule has 1 saturated heterocycles. The van der Waals surface area contributed by atoms with Crippen LogP contribution in [-0.4, -0.2) is 23.0 Å². The number of nitrogens with zero attached hydrogens (tertiary/aromatic N) is 2. The van der Waals surface area contributed by atoms with Crippen LogP contribution < -0.4 is 5.43 Å². The lowest BCUT2D eigenvalue weighted by atomic mass is 10.2. The van der Waals surface area contributed by atoms with Crippen LogP contribution in [0, 0.1) is 10.1 Å². The van der Waals surface area contributed by atoms with Gasteiger partial charge in [-0.2, -0.15) is 0 Å². The number of nitrogens with one attached hydrogen (secondary N) is 1. The molecule has 1 fully saturated rings. The Morgan fingerprint density at radius 2 is 1.75 bits per heavy atom. The van der Waals surface area contributed by atoms with Gasteiger partial charge in [0.2, 0.25) is 0 Å². The topological polar surface area (TPSA) is 58.4 Å². The molecule has 0 spiro atoms. The van der Waals surface area contributed by atoms with Gasteiger partial charge in [-0.25, -0.2) is 5.01 Å². The van der Waals surface area contributed by atoms with Crippen LogP contribution in [0.15, 0.2) is 24.3 Å². The third-order valence-corrected chi connectivity index (χ3v) is 2.72. The molecular weight excluding hydrogens is 206 g/mol. The van der Waals surface area contributed by atoms with Gasteiger partial charge in [0, 0.05) is 30.9 Å². The summed E-state index contributed by atoms with van der Waals surface area (Å²) in [7, 11) is 0. The summed E-state index contributed by atoms with van der Waals surface area (Å²) in [4.78, 5) is 10.1. The summed E-state index contributed by atoms with van der Waals surface area (Å²) in [5, 5.41) is 12.6. The highest BCUT2D eigenvalue weighted by atomic mass is 16.6. The van der Waals surface area contributed by atoms with E-state index in [1.54, 1.807) is 12.1 Å². The molecule has 0 unspecified atom stereocenters. The van der Waals surface area contributed by atoms with Crippen molar-refractivity contribution in [2.45, 2.75) is 19.3 Å². The zero-order valence-corrected chi connectivity index (χ0v) is 9.06. The lowest BCUT2D eigenvalue weighted by Gasteiger charge is -2.27. The Labute approximate surface area is 94.2 Å². The van der Waals surface area contributed by atoms with Gasteiger partial charge >= 0.3 is 0 Å². The number of hydrogen-bond acceptors (Lipinski definition) is 4.